The van der Waals surface area contributed by atoms with Crippen LogP contribution in [0.5, 0.6) is 0 Å². The van der Waals surface area contributed by atoms with Gasteiger partial charge in [-0.05, 0) is 6.92 Å². The summed E-state index contributed by atoms with van der Waals surface area (Å²) in [6.45, 7) is 5.74. The van der Waals surface area contributed by atoms with Crippen LogP contribution in [0.25, 0.3) is 0 Å². The van der Waals surface area contributed by atoms with E-state index in [9.17, 15) is 4.79 Å². The maximum Gasteiger partial charge on any atom is 0.323 e. The minimum absolute atomic E-state index is 0.0602. The van der Waals surface area contributed by atoms with E-state index in [-0.39, 0.29) is 17.5 Å². The van der Waals surface area contributed by atoms with Crippen LogP contribution in [0.1, 0.15) is 20.8 Å². The quantitative estimate of drug-likeness (QED) is 0.496. The van der Waals surface area contributed by atoms with Gasteiger partial charge in [0.05, 0.1) is 0 Å². The van der Waals surface area contributed by atoms with Gasteiger partial charge in [-0.3, -0.25) is 4.79 Å². The summed E-state index contributed by atoms with van der Waals surface area (Å²) in [5.41, 5.74) is 5.36. The molecule has 2 unspecified atom stereocenters. The van der Waals surface area contributed by atoms with Crippen molar-refractivity contribution < 1.29 is 9.53 Å². The number of hydrogen-bond donors (Lipinski definition) is 1. The molecule has 1 aliphatic heterocycles. The largest absolute Gasteiger partial charge is 0.461 e. The molecule has 3 nitrogen and oxygen atoms in total. The average molecular weight is 143 g/mol. The number of ether oxygens (including phenoxy) is 1. The molecule has 58 valence electrons. The Morgan fingerprint density at radius 3 is 2.20 bits per heavy atom. The number of carbonyl (C=O) groups excluding carboxylic acids is 1. The Balaban J connectivity index is 2.85. The Bertz CT molecular complexity index is 165. The van der Waals surface area contributed by atoms with Crippen molar-refractivity contribution in [2.45, 2.75) is 32.9 Å². The van der Waals surface area contributed by atoms with Crippen LogP contribution >= 0.6 is 0 Å². The van der Waals surface area contributed by atoms with Crippen LogP contribution in [-0.2, 0) is 9.53 Å². The van der Waals surface area contributed by atoms with Gasteiger partial charge in [0.1, 0.15) is 12.1 Å². The molecule has 0 aromatic rings. The highest BCUT2D eigenvalue weighted by molar-refractivity contribution is 5.79. The summed E-state index contributed by atoms with van der Waals surface area (Å²) in [5, 5.41) is 0. The van der Waals surface area contributed by atoms with E-state index in [0.29, 0.717) is 0 Å². The number of esters is 1. The first kappa shape index (κ1) is 7.54. The first-order chi connectivity index (χ1) is 4.46. The summed E-state index contributed by atoms with van der Waals surface area (Å²) in [6.07, 6.45) is -0.0602. The summed E-state index contributed by atoms with van der Waals surface area (Å²) in [6, 6.07) is -0.456. The van der Waals surface area contributed by atoms with Crippen LogP contribution < -0.4 is 5.73 Å². The predicted molar refractivity (Wildman–Crippen MR) is 37.3 cm³/mol. The first-order valence-electron chi connectivity index (χ1n) is 3.42. The van der Waals surface area contributed by atoms with Gasteiger partial charge in [-0.1, -0.05) is 13.8 Å². The Morgan fingerprint density at radius 1 is 1.60 bits per heavy atom. The molecule has 0 aromatic carbocycles. The van der Waals surface area contributed by atoms with Crippen molar-refractivity contribution in [1.29, 1.82) is 0 Å². The average Bonchev–Trinajstić information content (AvgIpc) is 1.97. The van der Waals surface area contributed by atoms with E-state index in [0.717, 1.165) is 0 Å². The van der Waals surface area contributed by atoms with Crippen molar-refractivity contribution >= 4 is 5.97 Å². The Morgan fingerprint density at radius 2 is 2.10 bits per heavy atom. The van der Waals surface area contributed by atoms with E-state index in [1.165, 1.54) is 0 Å². The first-order valence-corrected chi connectivity index (χ1v) is 3.42. The smallest absolute Gasteiger partial charge is 0.323 e. The van der Waals surface area contributed by atoms with Gasteiger partial charge >= 0.3 is 5.97 Å². The molecule has 10 heavy (non-hydrogen) atoms. The molecule has 0 spiro atoms. The molecule has 0 radical (unpaired) electrons. The van der Waals surface area contributed by atoms with Gasteiger partial charge in [-0.15, -0.1) is 0 Å². The molecule has 0 saturated carbocycles. The third-order valence-electron chi connectivity index (χ3n) is 2.40. The highest BCUT2D eigenvalue weighted by Gasteiger charge is 2.46. The highest BCUT2D eigenvalue weighted by Crippen LogP contribution is 2.33. The van der Waals surface area contributed by atoms with Crippen LogP contribution in [0.2, 0.25) is 0 Å². The zero-order valence-corrected chi connectivity index (χ0v) is 6.55. The lowest BCUT2D eigenvalue weighted by molar-refractivity contribution is -0.141. The van der Waals surface area contributed by atoms with Crippen LogP contribution in [0.3, 0.4) is 0 Å². The van der Waals surface area contributed by atoms with Crippen molar-refractivity contribution in [1.82, 2.24) is 0 Å². The third-order valence-corrected chi connectivity index (χ3v) is 2.40. The molecule has 1 heterocycles. The highest BCUT2D eigenvalue weighted by atomic mass is 16.6. The second-order valence-corrected chi connectivity index (χ2v) is 3.38. The molecule has 1 saturated heterocycles. The molecule has 2 N–H and O–H groups in total. The van der Waals surface area contributed by atoms with Crippen LogP contribution in [0.4, 0.5) is 0 Å². The molecule has 0 amide bonds. The second-order valence-electron chi connectivity index (χ2n) is 3.38. The molecule has 0 bridgehead atoms. The van der Waals surface area contributed by atoms with Crippen molar-refractivity contribution in [3.8, 4) is 0 Å². The molecule has 1 fully saturated rings. The number of rotatable bonds is 0. The zero-order valence-electron chi connectivity index (χ0n) is 6.55. The van der Waals surface area contributed by atoms with E-state index in [1.54, 1.807) is 0 Å². The van der Waals surface area contributed by atoms with E-state index < -0.39 is 6.04 Å². The SMILES string of the molecule is CC1OC(=O)C(N)C1(C)C. The van der Waals surface area contributed by atoms with E-state index in [4.69, 9.17) is 10.5 Å². The van der Waals surface area contributed by atoms with Gasteiger partial charge in [0.25, 0.3) is 0 Å². The van der Waals surface area contributed by atoms with Crippen LogP contribution in [-0.4, -0.2) is 18.1 Å². The van der Waals surface area contributed by atoms with Crippen molar-refractivity contribution in [2.24, 2.45) is 11.1 Å². The molecule has 1 aliphatic rings. The monoisotopic (exact) mass is 143 g/mol. The van der Waals surface area contributed by atoms with Gasteiger partial charge in [0.15, 0.2) is 0 Å². The lowest BCUT2D eigenvalue weighted by Crippen LogP contribution is -2.40. The molecule has 3 heteroatoms. The van der Waals surface area contributed by atoms with E-state index in [1.807, 2.05) is 20.8 Å². The fourth-order valence-electron chi connectivity index (χ4n) is 0.956. The maximum absolute atomic E-state index is 10.9. The van der Waals surface area contributed by atoms with E-state index >= 15 is 0 Å². The van der Waals surface area contributed by atoms with Gasteiger partial charge < -0.3 is 10.5 Å². The Hall–Kier alpha value is -0.570. The predicted octanol–water partition coefficient (Wildman–Crippen LogP) is 0.285. The summed E-state index contributed by atoms with van der Waals surface area (Å²) >= 11 is 0. The molecular formula is C7H13NO2. The van der Waals surface area contributed by atoms with Gasteiger partial charge in [0.2, 0.25) is 0 Å². The minimum atomic E-state index is -0.456. The van der Waals surface area contributed by atoms with Gasteiger partial charge in [0, 0.05) is 5.41 Å². The van der Waals surface area contributed by atoms with Crippen molar-refractivity contribution in [3.63, 3.8) is 0 Å². The van der Waals surface area contributed by atoms with E-state index in [2.05, 4.69) is 0 Å². The number of nitrogens with two attached hydrogens (primary N) is 1. The second kappa shape index (κ2) is 1.95. The third kappa shape index (κ3) is 0.814. The maximum atomic E-state index is 10.9. The lowest BCUT2D eigenvalue weighted by atomic mass is 9.83. The standard InChI is InChI=1S/C7H13NO2/c1-4-7(2,3)5(8)6(9)10-4/h4-5H,8H2,1-3H3. The summed E-state index contributed by atoms with van der Waals surface area (Å²) in [4.78, 5) is 10.9. The topological polar surface area (TPSA) is 52.3 Å². The fourth-order valence-corrected chi connectivity index (χ4v) is 0.956. The zero-order chi connectivity index (χ0) is 7.94. The van der Waals surface area contributed by atoms with Crippen molar-refractivity contribution in [2.75, 3.05) is 0 Å². The normalized spacial score (nSPS) is 37.8. The van der Waals surface area contributed by atoms with Crippen molar-refractivity contribution in [3.05, 3.63) is 0 Å². The minimum Gasteiger partial charge on any atom is -0.461 e. The fraction of sp³-hybridized carbons (Fsp3) is 0.857. The Kier molecular flexibility index (Phi) is 1.47. The lowest BCUT2D eigenvalue weighted by Gasteiger charge is -2.22. The number of carbonyl (C=O) groups is 1. The van der Waals surface area contributed by atoms with Crippen LogP contribution in [0.15, 0.2) is 0 Å². The molecular weight excluding hydrogens is 130 g/mol. The summed E-state index contributed by atoms with van der Waals surface area (Å²) in [5.74, 6) is -0.280. The summed E-state index contributed by atoms with van der Waals surface area (Å²) in [7, 11) is 0. The van der Waals surface area contributed by atoms with Gasteiger partial charge in [-0.2, -0.15) is 0 Å². The van der Waals surface area contributed by atoms with Gasteiger partial charge in [-0.25, -0.2) is 0 Å². The van der Waals surface area contributed by atoms with Crippen LogP contribution in [0, 0.1) is 5.41 Å². The molecule has 2 atom stereocenters. The molecule has 0 aliphatic carbocycles. The molecule has 0 aromatic heterocycles. The molecule has 1 rings (SSSR count). The number of cyclic esters (lactones) is 1. The summed E-state index contributed by atoms with van der Waals surface area (Å²) < 4.78 is 4.92. The Labute approximate surface area is 60.5 Å². The number of hydrogen-bond acceptors (Lipinski definition) is 3.